The van der Waals surface area contributed by atoms with Gasteiger partial charge in [-0.05, 0) is 37.5 Å². The minimum atomic E-state index is -0.773. The van der Waals surface area contributed by atoms with Crippen LogP contribution in [0, 0.1) is 0 Å². The number of rotatable bonds is 6. The van der Waals surface area contributed by atoms with Crippen molar-refractivity contribution in [3.63, 3.8) is 0 Å². The number of fused-ring (bicyclic) bond motifs is 1. The molecule has 1 atom stereocenters. The maximum absolute atomic E-state index is 10.7. The van der Waals surface area contributed by atoms with Gasteiger partial charge in [-0.3, -0.25) is 4.79 Å². The zero-order valence-electron chi connectivity index (χ0n) is 12.3. The van der Waals surface area contributed by atoms with Crippen LogP contribution in [-0.4, -0.2) is 33.3 Å². The molecular weight excluding hydrogens is 304 g/mol. The van der Waals surface area contributed by atoms with Crippen molar-refractivity contribution in [2.45, 2.75) is 44.8 Å². The average molecular weight is 323 g/mol. The molecule has 1 aromatic carbocycles. The van der Waals surface area contributed by atoms with E-state index < -0.39 is 5.97 Å². The Kier molecular flexibility index (Phi) is 4.64. The molecule has 0 saturated carbocycles. The summed E-state index contributed by atoms with van der Waals surface area (Å²) in [5.41, 5.74) is 1.89. The van der Waals surface area contributed by atoms with Crippen molar-refractivity contribution in [2.24, 2.45) is 0 Å². The number of aryl methyl sites for hydroxylation is 1. The van der Waals surface area contributed by atoms with Crippen molar-refractivity contribution in [2.75, 3.05) is 6.61 Å². The molecule has 2 heterocycles. The molecule has 0 aliphatic carbocycles. The fourth-order valence-electron chi connectivity index (χ4n) is 2.94. The van der Waals surface area contributed by atoms with Crippen LogP contribution in [0.1, 0.15) is 31.5 Å². The van der Waals surface area contributed by atoms with Gasteiger partial charge in [-0.25, -0.2) is 4.98 Å². The normalized spacial score (nSPS) is 18.1. The number of aromatic nitrogens is 2. The second kappa shape index (κ2) is 6.67. The molecule has 2 aromatic rings. The van der Waals surface area contributed by atoms with Crippen LogP contribution < -0.4 is 0 Å². The lowest BCUT2D eigenvalue weighted by molar-refractivity contribution is -0.137. The highest BCUT2D eigenvalue weighted by Gasteiger charge is 2.20. The number of ether oxygens (including phenoxy) is 1. The van der Waals surface area contributed by atoms with Gasteiger partial charge in [-0.15, -0.1) is 0 Å². The molecule has 0 radical (unpaired) electrons. The van der Waals surface area contributed by atoms with Crippen LogP contribution in [0.4, 0.5) is 0 Å². The summed E-state index contributed by atoms with van der Waals surface area (Å²) >= 11 is 6.04. The van der Waals surface area contributed by atoms with Crippen LogP contribution in [0.3, 0.4) is 0 Å². The van der Waals surface area contributed by atoms with Gasteiger partial charge in [0.05, 0.1) is 23.7 Å². The van der Waals surface area contributed by atoms with Crippen LogP contribution in [0.5, 0.6) is 0 Å². The number of carbonyl (C=O) groups is 1. The van der Waals surface area contributed by atoms with Crippen LogP contribution in [0.2, 0.25) is 5.02 Å². The first-order valence-electron chi connectivity index (χ1n) is 7.61. The number of carboxylic acid groups (broad SMARTS) is 1. The number of imidazole rings is 1. The van der Waals surface area contributed by atoms with Gasteiger partial charge >= 0.3 is 5.97 Å². The summed E-state index contributed by atoms with van der Waals surface area (Å²) < 4.78 is 7.88. The first kappa shape index (κ1) is 15.3. The lowest BCUT2D eigenvalue weighted by atomic mass is 10.2. The molecule has 3 rings (SSSR count). The number of carboxylic acids is 1. The van der Waals surface area contributed by atoms with E-state index in [9.17, 15) is 4.79 Å². The molecule has 5 nitrogen and oxygen atoms in total. The molecule has 1 aliphatic heterocycles. The third kappa shape index (κ3) is 3.42. The van der Waals surface area contributed by atoms with E-state index in [4.69, 9.17) is 21.4 Å². The number of halogens is 1. The maximum Gasteiger partial charge on any atom is 0.303 e. The summed E-state index contributed by atoms with van der Waals surface area (Å²) in [7, 11) is 0. The molecule has 1 N–H and O–H groups in total. The zero-order valence-corrected chi connectivity index (χ0v) is 13.1. The highest BCUT2D eigenvalue weighted by atomic mass is 35.5. The molecule has 1 aliphatic rings. The molecular formula is C16H19ClN2O3. The zero-order chi connectivity index (χ0) is 15.5. The lowest BCUT2D eigenvalue weighted by Crippen LogP contribution is -2.17. The monoisotopic (exact) mass is 322 g/mol. The van der Waals surface area contributed by atoms with Gasteiger partial charge in [0.2, 0.25) is 0 Å². The topological polar surface area (TPSA) is 64.3 Å². The molecule has 0 bridgehead atoms. The molecule has 0 unspecified atom stereocenters. The van der Waals surface area contributed by atoms with E-state index in [0.29, 0.717) is 17.9 Å². The molecule has 1 fully saturated rings. The molecule has 1 aromatic heterocycles. The summed E-state index contributed by atoms with van der Waals surface area (Å²) in [5, 5.41) is 9.46. The number of nitrogens with zero attached hydrogens (tertiary/aromatic N) is 2. The van der Waals surface area contributed by atoms with Crippen molar-refractivity contribution in [3.8, 4) is 0 Å². The van der Waals surface area contributed by atoms with Crippen molar-refractivity contribution >= 4 is 28.6 Å². The first-order chi connectivity index (χ1) is 10.6. The number of benzene rings is 1. The number of hydrogen-bond donors (Lipinski definition) is 1. The first-order valence-corrected chi connectivity index (χ1v) is 7.99. The van der Waals surface area contributed by atoms with E-state index in [1.165, 1.54) is 0 Å². The van der Waals surface area contributed by atoms with E-state index in [0.717, 1.165) is 42.9 Å². The van der Waals surface area contributed by atoms with Crippen molar-refractivity contribution in [1.29, 1.82) is 0 Å². The summed E-state index contributed by atoms with van der Waals surface area (Å²) in [6.45, 7) is 1.58. The van der Waals surface area contributed by atoms with E-state index in [1.54, 1.807) is 0 Å². The standard InChI is InChI=1S/C16H19ClN2O3/c17-11-6-7-14-13(9-11)18-15(4-1-5-16(20)21)19(14)10-12-3-2-8-22-12/h6-7,9,12H,1-5,8,10H2,(H,20,21)/t12-/m0/s1. The molecule has 6 heteroatoms. The predicted octanol–water partition coefficient (Wildman–Crippen LogP) is 3.28. The third-order valence-electron chi connectivity index (χ3n) is 3.99. The quantitative estimate of drug-likeness (QED) is 0.886. The molecule has 118 valence electrons. The molecule has 1 saturated heterocycles. The summed E-state index contributed by atoms with van der Waals surface area (Å²) in [5.74, 6) is 0.138. The Balaban J connectivity index is 1.87. The predicted molar refractivity (Wildman–Crippen MR) is 84.3 cm³/mol. The summed E-state index contributed by atoms with van der Waals surface area (Å²) in [6.07, 6.45) is 3.75. The second-order valence-corrected chi connectivity index (χ2v) is 6.09. The minimum absolute atomic E-state index is 0.157. The Hall–Kier alpha value is -1.59. The van der Waals surface area contributed by atoms with Gasteiger partial charge in [-0.2, -0.15) is 0 Å². The third-order valence-corrected chi connectivity index (χ3v) is 4.23. The van der Waals surface area contributed by atoms with Crippen molar-refractivity contribution in [1.82, 2.24) is 9.55 Å². The van der Waals surface area contributed by atoms with Gasteiger partial charge in [0, 0.05) is 24.5 Å². The van der Waals surface area contributed by atoms with Gasteiger partial charge in [-0.1, -0.05) is 11.6 Å². The average Bonchev–Trinajstić information content (AvgIpc) is 3.07. The maximum atomic E-state index is 10.7. The highest BCUT2D eigenvalue weighted by molar-refractivity contribution is 6.31. The Bertz CT molecular complexity index is 677. The lowest BCUT2D eigenvalue weighted by Gasteiger charge is -2.14. The van der Waals surface area contributed by atoms with Gasteiger partial charge in [0.1, 0.15) is 5.82 Å². The molecule has 22 heavy (non-hydrogen) atoms. The van der Waals surface area contributed by atoms with Crippen LogP contribution in [-0.2, 0) is 22.5 Å². The smallest absolute Gasteiger partial charge is 0.303 e. The van der Waals surface area contributed by atoms with Crippen LogP contribution >= 0.6 is 11.6 Å². The van der Waals surface area contributed by atoms with Crippen LogP contribution in [0.25, 0.3) is 11.0 Å². The van der Waals surface area contributed by atoms with Gasteiger partial charge in [0.15, 0.2) is 0 Å². The second-order valence-electron chi connectivity index (χ2n) is 5.65. The molecule has 0 amide bonds. The largest absolute Gasteiger partial charge is 0.481 e. The van der Waals surface area contributed by atoms with Crippen molar-refractivity contribution in [3.05, 3.63) is 29.0 Å². The van der Waals surface area contributed by atoms with E-state index in [1.807, 2.05) is 18.2 Å². The number of aliphatic carboxylic acids is 1. The fourth-order valence-corrected chi connectivity index (χ4v) is 3.10. The minimum Gasteiger partial charge on any atom is -0.481 e. The Morgan fingerprint density at radius 3 is 3.09 bits per heavy atom. The SMILES string of the molecule is O=C(O)CCCc1nc2cc(Cl)ccc2n1C[C@@H]1CCCO1. The van der Waals surface area contributed by atoms with Gasteiger partial charge < -0.3 is 14.4 Å². The summed E-state index contributed by atoms with van der Waals surface area (Å²) in [4.78, 5) is 15.3. The van der Waals surface area contributed by atoms with E-state index in [-0.39, 0.29) is 12.5 Å². The summed E-state index contributed by atoms with van der Waals surface area (Å²) in [6, 6.07) is 5.68. The Morgan fingerprint density at radius 2 is 2.36 bits per heavy atom. The van der Waals surface area contributed by atoms with E-state index in [2.05, 4.69) is 9.55 Å². The van der Waals surface area contributed by atoms with Gasteiger partial charge in [0.25, 0.3) is 0 Å². The van der Waals surface area contributed by atoms with Crippen molar-refractivity contribution < 1.29 is 14.6 Å². The Labute approximate surface area is 133 Å². The van der Waals surface area contributed by atoms with Crippen LogP contribution in [0.15, 0.2) is 18.2 Å². The molecule has 0 spiro atoms. The number of hydrogen-bond acceptors (Lipinski definition) is 3. The van der Waals surface area contributed by atoms with E-state index >= 15 is 0 Å². The Morgan fingerprint density at radius 1 is 1.50 bits per heavy atom. The highest BCUT2D eigenvalue weighted by Crippen LogP contribution is 2.24. The fraction of sp³-hybridized carbons (Fsp3) is 0.500.